The van der Waals surface area contributed by atoms with Gasteiger partial charge in [0.2, 0.25) is 0 Å². The van der Waals surface area contributed by atoms with Gasteiger partial charge in [0.05, 0.1) is 17.9 Å². The molecule has 4 N–H and O–H groups in total. The van der Waals surface area contributed by atoms with Crippen LogP contribution in [0.1, 0.15) is 46.6 Å². The summed E-state index contributed by atoms with van der Waals surface area (Å²) in [7, 11) is 0. The minimum Gasteiger partial charge on any atom is -0.507 e. The first-order valence-electron chi connectivity index (χ1n) is 10.3. The van der Waals surface area contributed by atoms with E-state index in [9.17, 15) is 5.11 Å². The number of anilines is 1. The van der Waals surface area contributed by atoms with Gasteiger partial charge in [-0.1, -0.05) is 39.8 Å². The van der Waals surface area contributed by atoms with E-state index in [1.54, 1.807) is 24.4 Å². The standard InChI is InChI=1S/C20H26N6O.C2H6/c1-3-15(9-10-22-4-2)26-13-14(12-23-26)17-11-18(24-25-20(17)21)16-7-5-6-8-19(16)27;1-2/h5-8,11-13,15,22,27H,3-4,9-10H2,1-2H3,(H2,21,25);1-2H3. The Morgan fingerprint density at radius 2 is 1.90 bits per heavy atom. The molecule has 2 aromatic heterocycles. The van der Waals surface area contributed by atoms with Crippen LogP contribution in [0.25, 0.3) is 22.4 Å². The van der Waals surface area contributed by atoms with Crippen LogP contribution in [-0.2, 0) is 0 Å². The number of phenolic OH excluding ortho intramolecular Hbond substituents is 1. The molecule has 156 valence electrons. The van der Waals surface area contributed by atoms with Crippen LogP contribution in [0.5, 0.6) is 5.75 Å². The minimum atomic E-state index is 0.160. The van der Waals surface area contributed by atoms with E-state index in [2.05, 4.69) is 34.5 Å². The van der Waals surface area contributed by atoms with Gasteiger partial charge in [0.1, 0.15) is 5.75 Å². The monoisotopic (exact) mass is 396 g/mol. The van der Waals surface area contributed by atoms with E-state index < -0.39 is 0 Å². The molecular formula is C22H32N6O. The summed E-state index contributed by atoms with van der Waals surface area (Å²) in [5.41, 5.74) is 8.91. The second-order valence-corrected chi connectivity index (χ2v) is 6.46. The summed E-state index contributed by atoms with van der Waals surface area (Å²) in [6, 6.07) is 9.22. The highest BCUT2D eigenvalue weighted by Crippen LogP contribution is 2.32. The van der Waals surface area contributed by atoms with Crippen LogP contribution >= 0.6 is 0 Å². The van der Waals surface area contributed by atoms with Gasteiger partial charge in [-0.05, 0) is 44.1 Å². The second kappa shape index (κ2) is 11.2. The first-order valence-corrected chi connectivity index (χ1v) is 10.3. The Kier molecular flexibility index (Phi) is 8.61. The molecule has 3 aromatic rings. The third-order valence-electron chi connectivity index (χ3n) is 4.66. The maximum atomic E-state index is 10.1. The number of nitrogens with two attached hydrogens (primary N) is 1. The number of nitrogen functional groups attached to an aromatic ring is 1. The number of hydrogen-bond acceptors (Lipinski definition) is 6. The van der Waals surface area contributed by atoms with Gasteiger partial charge in [-0.25, -0.2) is 0 Å². The van der Waals surface area contributed by atoms with Gasteiger partial charge < -0.3 is 16.2 Å². The zero-order chi connectivity index (χ0) is 21.2. The highest BCUT2D eigenvalue weighted by Gasteiger charge is 2.15. The number of rotatable bonds is 8. The maximum absolute atomic E-state index is 10.1. The quantitative estimate of drug-likeness (QED) is 0.491. The molecule has 1 atom stereocenters. The molecule has 1 unspecified atom stereocenters. The molecule has 1 aromatic carbocycles. The predicted octanol–water partition coefficient (Wildman–Crippen LogP) is 4.27. The molecule has 0 aliphatic rings. The fraction of sp³-hybridized carbons (Fsp3) is 0.409. The number of para-hydroxylation sites is 1. The van der Waals surface area contributed by atoms with Crippen molar-refractivity contribution >= 4 is 5.82 Å². The molecule has 0 radical (unpaired) electrons. The van der Waals surface area contributed by atoms with Crippen LogP contribution < -0.4 is 11.1 Å². The largest absolute Gasteiger partial charge is 0.507 e. The van der Waals surface area contributed by atoms with Crippen molar-refractivity contribution < 1.29 is 5.11 Å². The van der Waals surface area contributed by atoms with Gasteiger partial charge in [-0.2, -0.15) is 5.10 Å². The van der Waals surface area contributed by atoms with Gasteiger partial charge in [0, 0.05) is 22.9 Å². The second-order valence-electron chi connectivity index (χ2n) is 6.46. The number of aromatic hydroxyl groups is 1. The molecule has 29 heavy (non-hydrogen) atoms. The lowest BCUT2D eigenvalue weighted by Gasteiger charge is -2.15. The summed E-state index contributed by atoms with van der Waals surface area (Å²) in [5.74, 6) is 0.502. The average molecular weight is 397 g/mol. The summed E-state index contributed by atoms with van der Waals surface area (Å²) in [5, 5.41) is 26.2. The van der Waals surface area contributed by atoms with Crippen molar-refractivity contribution in [2.45, 2.75) is 46.6 Å². The van der Waals surface area contributed by atoms with Crippen molar-refractivity contribution in [3.05, 3.63) is 42.7 Å². The van der Waals surface area contributed by atoms with E-state index in [4.69, 9.17) is 5.73 Å². The third kappa shape index (κ3) is 5.54. The van der Waals surface area contributed by atoms with Crippen molar-refractivity contribution in [3.8, 4) is 28.1 Å². The number of hydrogen-bond donors (Lipinski definition) is 3. The summed E-state index contributed by atoms with van der Waals surface area (Å²) >= 11 is 0. The van der Waals surface area contributed by atoms with Crippen LogP contribution in [0, 0.1) is 0 Å². The van der Waals surface area contributed by atoms with Gasteiger partial charge in [-0.15, -0.1) is 10.2 Å². The molecule has 0 aliphatic heterocycles. The molecule has 0 bridgehead atoms. The Hall–Kier alpha value is -2.93. The molecule has 0 saturated carbocycles. The van der Waals surface area contributed by atoms with Crippen molar-refractivity contribution in [2.75, 3.05) is 18.8 Å². The van der Waals surface area contributed by atoms with E-state index in [0.29, 0.717) is 23.1 Å². The Labute approximate surface area is 173 Å². The normalized spacial score (nSPS) is 11.6. The Bertz CT molecular complexity index is 893. The number of benzene rings is 1. The highest BCUT2D eigenvalue weighted by atomic mass is 16.3. The summed E-state index contributed by atoms with van der Waals surface area (Å²) in [6.07, 6.45) is 5.82. The van der Waals surface area contributed by atoms with Crippen LogP contribution in [0.2, 0.25) is 0 Å². The molecule has 0 fully saturated rings. The molecule has 7 nitrogen and oxygen atoms in total. The highest BCUT2D eigenvalue weighted by molar-refractivity contribution is 5.78. The smallest absolute Gasteiger partial charge is 0.154 e. The topological polar surface area (TPSA) is 102 Å². The van der Waals surface area contributed by atoms with E-state index >= 15 is 0 Å². The average Bonchev–Trinajstić information content (AvgIpc) is 3.23. The lowest BCUT2D eigenvalue weighted by molar-refractivity contribution is 0.404. The summed E-state index contributed by atoms with van der Waals surface area (Å²) < 4.78 is 1.99. The van der Waals surface area contributed by atoms with Crippen LogP contribution in [0.15, 0.2) is 42.7 Å². The van der Waals surface area contributed by atoms with E-state index in [0.717, 1.165) is 37.1 Å². The molecular weight excluding hydrogens is 364 g/mol. The number of aromatic nitrogens is 4. The molecule has 3 rings (SSSR count). The van der Waals surface area contributed by atoms with Crippen molar-refractivity contribution in [2.24, 2.45) is 0 Å². The molecule has 2 heterocycles. The predicted molar refractivity (Wildman–Crippen MR) is 119 cm³/mol. The van der Waals surface area contributed by atoms with Crippen LogP contribution in [-0.4, -0.2) is 38.2 Å². The molecule has 7 heteroatoms. The molecule has 0 amide bonds. The maximum Gasteiger partial charge on any atom is 0.154 e. The van der Waals surface area contributed by atoms with Crippen molar-refractivity contribution in [1.82, 2.24) is 25.3 Å². The number of nitrogens with zero attached hydrogens (tertiary/aromatic N) is 4. The first kappa shape index (κ1) is 22.4. The fourth-order valence-electron chi connectivity index (χ4n) is 3.10. The SMILES string of the molecule is CC.CCNCCC(CC)n1cc(-c2cc(-c3ccccc3O)nnc2N)cn1. The third-order valence-corrected chi connectivity index (χ3v) is 4.66. The zero-order valence-corrected chi connectivity index (χ0v) is 17.8. The van der Waals surface area contributed by atoms with Gasteiger partial charge in [0.15, 0.2) is 5.82 Å². The van der Waals surface area contributed by atoms with E-state index in [1.165, 1.54) is 0 Å². The lowest BCUT2D eigenvalue weighted by Crippen LogP contribution is -2.19. The molecule has 0 spiro atoms. The number of phenols is 1. The van der Waals surface area contributed by atoms with Gasteiger partial charge >= 0.3 is 0 Å². The minimum absolute atomic E-state index is 0.160. The van der Waals surface area contributed by atoms with Crippen molar-refractivity contribution in [1.29, 1.82) is 0 Å². The molecule has 0 aliphatic carbocycles. The number of nitrogens with one attached hydrogen (secondary N) is 1. The van der Waals surface area contributed by atoms with Crippen molar-refractivity contribution in [3.63, 3.8) is 0 Å². The van der Waals surface area contributed by atoms with E-state index in [-0.39, 0.29) is 5.75 Å². The summed E-state index contributed by atoms with van der Waals surface area (Å²) in [6.45, 7) is 10.2. The Morgan fingerprint density at radius 3 is 2.59 bits per heavy atom. The Morgan fingerprint density at radius 1 is 1.14 bits per heavy atom. The van der Waals surface area contributed by atoms with Gasteiger partial charge in [-0.3, -0.25) is 4.68 Å². The first-order chi connectivity index (χ1) is 14.1. The van der Waals surface area contributed by atoms with E-state index in [1.807, 2.05) is 36.9 Å². The van der Waals surface area contributed by atoms with Crippen LogP contribution in [0.3, 0.4) is 0 Å². The Balaban J connectivity index is 0.00000145. The zero-order valence-electron chi connectivity index (χ0n) is 17.8. The summed E-state index contributed by atoms with van der Waals surface area (Å²) in [4.78, 5) is 0. The lowest BCUT2D eigenvalue weighted by atomic mass is 10.1. The molecule has 0 saturated heterocycles. The fourth-order valence-corrected chi connectivity index (χ4v) is 3.10. The van der Waals surface area contributed by atoms with Gasteiger partial charge in [0.25, 0.3) is 0 Å². The van der Waals surface area contributed by atoms with Crippen LogP contribution in [0.4, 0.5) is 5.82 Å².